The molecule has 8 nitrogen and oxygen atoms in total. The lowest BCUT2D eigenvalue weighted by Gasteiger charge is -2.38. The van der Waals surface area contributed by atoms with E-state index in [2.05, 4.69) is 9.98 Å². The van der Waals surface area contributed by atoms with Crippen molar-refractivity contribution in [2.45, 2.75) is 56.4 Å². The molecule has 2 aliphatic carbocycles. The number of carboxylic acids is 1. The monoisotopic (exact) mass is 476 g/mol. The molecule has 0 bridgehead atoms. The number of carbonyl (C=O) groups is 1. The van der Waals surface area contributed by atoms with Gasteiger partial charge >= 0.3 is 5.97 Å². The molecule has 1 atom stereocenters. The summed E-state index contributed by atoms with van der Waals surface area (Å²) in [5.41, 5.74) is 6.18. The van der Waals surface area contributed by atoms with Crippen LogP contribution in [0.4, 0.5) is 15.8 Å². The number of ether oxygens (including phenoxy) is 1. The molecule has 1 aromatic carbocycles. The number of halogens is 1. The van der Waals surface area contributed by atoms with E-state index < -0.39 is 28.3 Å². The Morgan fingerprint density at radius 3 is 2.83 bits per heavy atom. The molecule has 1 spiro atoms. The Balaban J connectivity index is 1.56. The van der Waals surface area contributed by atoms with Gasteiger partial charge in [-0.15, -0.1) is 0 Å². The Hall–Kier alpha value is -3.75. The normalized spacial score (nSPS) is 21.6. The zero-order chi connectivity index (χ0) is 24.3. The maximum absolute atomic E-state index is 15.7. The highest BCUT2D eigenvalue weighted by Crippen LogP contribution is 2.50. The van der Waals surface area contributed by atoms with Crippen molar-refractivity contribution in [3.8, 4) is 5.75 Å². The van der Waals surface area contributed by atoms with Crippen LogP contribution in [0, 0.1) is 5.82 Å². The van der Waals surface area contributed by atoms with Crippen molar-refractivity contribution in [1.29, 1.82) is 0 Å². The van der Waals surface area contributed by atoms with Crippen molar-refractivity contribution in [3.05, 3.63) is 57.9 Å². The first-order valence-corrected chi connectivity index (χ1v) is 11.9. The number of hydrogen-bond donors (Lipinski definition) is 2. The molecule has 180 valence electrons. The minimum atomic E-state index is -1.36. The summed E-state index contributed by atoms with van der Waals surface area (Å²) in [5.74, 6) is -1.86. The molecule has 35 heavy (non-hydrogen) atoms. The predicted octanol–water partition coefficient (Wildman–Crippen LogP) is 4.52. The van der Waals surface area contributed by atoms with E-state index in [0.29, 0.717) is 18.4 Å². The van der Waals surface area contributed by atoms with Gasteiger partial charge in [-0.1, -0.05) is 18.9 Å². The van der Waals surface area contributed by atoms with Gasteiger partial charge in [-0.25, -0.2) is 9.18 Å². The minimum Gasteiger partial charge on any atom is -0.487 e. The lowest BCUT2D eigenvalue weighted by Crippen LogP contribution is -2.42. The molecular formula is C26H25FN4O4. The number of benzene rings is 1. The standard InChI is InChI=1S/C26H25FN4O4/c27-19-20(28)18-22-24(21(19)30-15-7-6-14(11-15)17-5-1-4-10-29-17)35-13-26(8-2-3-9-26)31(22)12-16(23(18)32)25(33)34/h1,4-5,10,12,14H,2-3,6-9,11,13,28H2,(H,33,34). The summed E-state index contributed by atoms with van der Waals surface area (Å²) in [5, 5.41) is 9.53. The molecule has 0 saturated heterocycles. The van der Waals surface area contributed by atoms with Crippen LogP contribution in [0.2, 0.25) is 0 Å². The van der Waals surface area contributed by atoms with E-state index in [1.54, 1.807) is 6.20 Å². The van der Waals surface area contributed by atoms with Gasteiger partial charge < -0.3 is 20.1 Å². The lowest BCUT2D eigenvalue weighted by atomic mass is 9.93. The molecule has 0 radical (unpaired) electrons. The Kier molecular flexibility index (Phi) is 4.91. The van der Waals surface area contributed by atoms with Crippen LogP contribution in [0.25, 0.3) is 10.9 Å². The average molecular weight is 477 g/mol. The minimum absolute atomic E-state index is 0.0178. The van der Waals surface area contributed by atoms with E-state index >= 15 is 4.39 Å². The second-order valence-corrected chi connectivity index (χ2v) is 9.77. The van der Waals surface area contributed by atoms with E-state index in [1.165, 1.54) is 6.20 Å². The average Bonchev–Trinajstić information content (AvgIpc) is 3.52. The lowest BCUT2D eigenvalue weighted by molar-refractivity contribution is 0.0692. The van der Waals surface area contributed by atoms with Crippen LogP contribution >= 0.6 is 0 Å². The molecule has 1 unspecified atom stereocenters. The first-order chi connectivity index (χ1) is 16.9. The van der Waals surface area contributed by atoms with Crippen LogP contribution in [0.3, 0.4) is 0 Å². The SMILES string of the molecule is Nc1c(F)c(N=C2CCC(c3ccccn3)C2)c2c3c1c(=O)c(C(=O)O)cn3C1(CCCC1)CO2. The third kappa shape index (κ3) is 3.25. The van der Waals surface area contributed by atoms with E-state index in [4.69, 9.17) is 10.5 Å². The zero-order valence-electron chi connectivity index (χ0n) is 19.1. The number of fused-ring (bicyclic) bond motifs is 1. The summed E-state index contributed by atoms with van der Waals surface area (Å²) >= 11 is 0. The number of anilines is 1. The van der Waals surface area contributed by atoms with Crippen LogP contribution in [0.1, 0.15) is 66.9 Å². The number of rotatable bonds is 3. The topological polar surface area (TPSA) is 120 Å². The highest BCUT2D eigenvalue weighted by Gasteiger charge is 2.43. The molecule has 2 aromatic heterocycles. The van der Waals surface area contributed by atoms with Gasteiger partial charge in [0, 0.05) is 29.7 Å². The third-order valence-electron chi connectivity index (χ3n) is 7.75. The molecule has 3 heterocycles. The van der Waals surface area contributed by atoms with E-state index in [1.807, 2.05) is 22.8 Å². The van der Waals surface area contributed by atoms with Crippen molar-refractivity contribution in [3.63, 3.8) is 0 Å². The summed E-state index contributed by atoms with van der Waals surface area (Å²) in [6, 6.07) is 5.80. The summed E-state index contributed by atoms with van der Waals surface area (Å²) in [4.78, 5) is 34.1. The second kappa shape index (κ2) is 7.90. The predicted molar refractivity (Wildman–Crippen MR) is 129 cm³/mol. The van der Waals surface area contributed by atoms with E-state index in [9.17, 15) is 14.7 Å². The van der Waals surface area contributed by atoms with Gasteiger partial charge in [0.05, 0.1) is 22.1 Å². The maximum atomic E-state index is 15.7. The number of aromatic nitrogens is 2. The fourth-order valence-electron chi connectivity index (χ4n) is 5.95. The second-order valence-electron chi connectivity index (χ2n) is 9.77. The molecule has 2 saturated carbocycles. The number of nitrogens with zero attached hydrogens (tertiary/aromatic N) is 3. The van der Waals surface area contributed by atoms with Crippen molar-refractivity contribution in [2.75, 3.05) is 12.3 Å². The van der Waals surface area contributed by atoms with Gasteiger partial charge in [0.2, 0.25) is 5.43 Å². The fourth-order valence-corrected chi connectivity index (χ4v) is 5.95. The number of carboxylic acid groups (broad SMARTS) is 1. The number of aliphatic imine (C=N–C) groups is 1. The molecule has 3 aliphatic rings. The van der Waals surface area contributed by atoms with Crippen molar-refractivity contribution >= 4 is 34.0 Å². The van der Waals surface area contributed by atoms with Crippen molar-refractivity contribution in [2.24, 2.45) is 4.99 Å². The highest BCUT2D eigenvalue weighted by molar-refractivity contribution is 6.04. The van der Waals surface area contributed by atoms with Crippen LogP contribution in [0.15, 0.2) is 40.4 Å². The van der Waals surface area contributed by atoms with Gasteiger partial charge in [-0.05, 0) is 44.2 Å². The summed E-state index contributed by atoms with van der Waals surface area (Å²) in [7, 11) is 0. The molecule has 1 aliphatic heterocycles. The molecule has 0 amide bonds. The first-order valence-electron chi connectivity index (χ1n) is 11.9. The smallest absolute Gasteiger partial charge is 0.341 e. The van der Waals surface area contributed by atoms with Gasteiger partial charge in [-0.3, -0.25) is 14.8 Å². The molecular weight excluding hydrogens is 451 g/mol. The van der Waals surface area contributed by atoms with Crippen LogP contribution in [-0.2, 0) is 5.54 Å². The van der Waals surface area contributed by atoms with Gasteiger partial charge in [0.1, 0.15) is 17.9 Å². The summed E-state index contributed by atoms with van der Waals surface area (Å²) in [6.45, 7) is 0.259. The Labute approximate surface area is 200 Å². The fraction of sp³-hybridized carbons (Fsp3) is 0.385. The number of pyridine rings is 2. The number of aromatic carboxylic acids is 1. The zero-order valence-corrected chi connectivity index (χ0v) is 19.1. The third-order valence-corrected chi connectivity index (χ3v) is 7.75. The quantitative estimate of drug-likeness (QED) is 0.537. The van der Waals surface area contributed by atoms with Crippen molar-refractivity contribution < 1.29 is 19.0 Å². The molecule has 2 fully saturated rings. The first kappa shape index (κ1) is 21.8. The van der Waals surface area contributed by atoms with Crippen LogP contribution < -0.4 is 15.9 Å². The summed E-state index contributed by atoms with van der Waals surface area (Å²) in [6.07, 6.45) is 8.78. The Morgan fingerprint density at radius 2 is 2.11 bits per heavy atom. The van der Waals surface area contributed by atoms with Crippen LogP contribution in [-0.4, -0.2) is 32.9 Å². The number of nitrogen functional groups attached to an aromatic ring is 1. The maximum Gasteiger partial charge on any atom is 0.341 e. The van der Waals surface area contributed by atoms with E-state index in [0.717, 1.165) is 43.5 Å². The van der Waals surface area contributed by atoms with E-state index in [-0.39, 0.29) is 35.0 Å². The van der Waals surface area contributed by atoms with Crippen LogP contribution in [0.5, 0.6) is 5.75 Å². The van der Waals surface area contributed by atoms with Gasteiger partial charge in [0.15, 0.2) is 11.6 Å². The molecule has 9 heteroatoms. The Morgan fingerprint density at radius 1 is 1.31 bits per heavy atom. The number of nitrogens with two attached hydrogens (primary N) is 1. The van der Waals surface area contributed by atoms with Gasteiger partial charge in [-0.2, -0.15) is 0 Å². The highest BCUT2D eigenvalue weighted by atomic mass is 19.1. The van der Waals surface area contributed by atoms with Gasteiger partial charge in [0.25, 0.3) is 0 Å². The number of hydrogen-bond acceptors (Lipinski definition) is 6. The largest absolute Gasteiger partial charge is 0.487 e. The van der Waals surface area contributed by atoms with Crippen molar-refractivity contribution in [1.82, 2.24) is 9.55 Å². The Bertz CT molecular complexity index is 1460. The molecule has 6 rings (SSSR count). The molecule has 3 N–H and O–H groups in total. The summed E-state index contributed by atoms with van der Waals surface area (Å²) < 4.78 is 23.6. The molecule has 3 aromatic rings.